The van der Waals surface area contributed by atoms with Crippen LogP contribution in [0.1, 0.15) is 6.42 Å². The number of carbonyl (C=O) groups is 1. The highest BCUT2D eigenvalue weighted by Gasteiger charge is 2.25. The molecule has 0 aromatic carbocycles. The van der Waals surface area contributed by atoms with Crippen LogP contribution in [0.3, 0.4) is 0 Å². The third-order valence-corrected chi connectivity index (χ3v) is 2.18. The van der Waals surface area contributed by atoms with Crippen molar-refractivity contribution in [3.8, 4) is 0 Å². The Kier molecular flexibility index (Phi) is 2.95. The predicted molar refractivity (Wildman–Crippen MR) is 50.6 cm³/mol. The lowest BCUT2D eigenvalue weighted by Gasteiger charge is -2.15. The Morgan fingerprint density at radius 3 is 3.00 bits per heavy atom. The molecule has 0 aromatic heterocycles. The van der Waals surface area contributed by atoms with Crippen LogP contribution in [0.5, 0.6) is 0 Å². The molecule has 0 radical (unpaired) electrons. The molecule has 1 aliphatic heterocycles. The number of fused-ring (bicyclic) bond motifs is 1. The first-order chi connectivity index (χ1) is 5.77. The summed E-state index contributed by atoms with van der Waals surface area (Å²) in [6.07, 6.45) is 4.07. The topological polar surface area (TPSA) is 61.4 Å². The van der Waals surface area contributed by atoms with E-state index in [1.54, 1.807) is 6.08 Å². The molecule has 2 rings (SSSR count). The second-order valence-electron chi connectivity index (χ2n) is 2.93. The van der Waals surface area contributed by atoms with Crippen molar-refractivity contribution < 1.29 is 9.90 Å². The van der Waals surface area contributed by atoms with Crippen molar-refractivity contribution in [1.82, 2.24) is 10.6 Å². The normalized spacial score (nSPS) is 24.8. The van der Waals surface area contributed by atoms with Gasteiger partial charge in [0.25, 0.3) is 0 Å². The smallest absolute Gasteiger partial charge is 0.331 e. The van der Waals surface area contributed by atoms with Crippen molar-refractivity contribution in [3.63, 3.8) is 0 Å². The number of carboxylic acid groups (broad SMARTS) is 1. The minimum absolute atomic E-state index is 0. The molecule has 2 aliphatic rings. The number of allylic oxidation sites excluding steroid dienone is 2. The zero-order valence-electron chi connectivity index (χ0n) is 6.91. The molecule has 0 spiro atoms. The van der Waals surface area contributed by atoms with Gasteiger partial charge < -0.3 is 10.4 Å². The predicted octanol–water partition coefficient (Wildman–Crippen LogP) is 0.226. The molecule has 1 unspecified atom stereocenters. The monoisotopic (exact) mass is 202 g/mol. The molecule has 0 amide bonds. The lowest BCUT2D eigenvalue weighted by atomic mass is 9.99. The molecule has 72 valence electrons. The number of aliphatic carboxylic acids is 1. The second-order valence-corrected chi connectivity index (χ2v) is 2.93. The molecule has 1 saturated heterocycles. The molecule has 1 fully saturated rings. The van der Waals surface area contributed by atoms with Gasteiger partial charge in [-0.3, -0.25) is 5.32 Å². The molecule has 13 heavy (non-hydrogen) atoms. The molecule has 1 heterocycles. The van der Waals surface area contributed by atoms with Crippen LogP contribution < -0.4 is 10.6 Å². The Morgan fingerprint density at radius 2 is 2.31 bits per heavy atom. The SMILES string of the molecule is Cl.O=C(O)C1=CC=C2NCNC2C1. The third-order valence-electron chi connectivity index (χ3n) is 2.18. The van der Waals surface area contributed by atoms with E-state index in [9.17, 15) is 4.79 Å². The van der Waals surface area contributed by atoms with E-state index in [2.05, 4.69) is 10.6 Å². The summed E-state index contributed by atoms with van der Waals surface area (Å²) in [4.78, 5) is 10.6. The number of nitrogens with one attached hydrogen (secondary N) is 2. The van der Waals surface area contributed by atoms with Crippen LogP contribution >= 0.6 is 12.4 Å². The van der Waals surface area contributed by atoms with E-state index in [0.29, 0.717) is 12.0 Å². The van der Waals surface area contributed by atoms with Gasteiger partial charge >= 0.3 is 5.97 Å². The molecular weight excluding hydrogens is 192 g/mol. The summed E-state index contributed by atoms with van der Waals surface area (Å²) in [6, 6.07) is 0.182. The van der Waals surface area contributed by atoms with Crippen LogP contribution in [0.25, 0.3) is 0 Å². The molecule has 0 bridgehead atoms. The fourth-order valence-corrected chi connectivity index (χ4v) is 1.50. The molecule has 1 aliphatic carbocycles. The average molecular weight is 203 g/mol. The largest absolute Gasteiger partial charge is 0.478 e. The number of halogens is 1. The summed E-state index contributed by atoms with van der Waals surface area (Å²) in [5, 5.41) is 15.0. The lowest BCUT2D eigenvalue weighted by Crippen LogP contribution is -2.26. The standard InChI is InChI=1S/C8H10N2O2.ClH/c11-8(12)5-1-2-6-7(3-5)10-4-9-6;/h1-2,7,9-10H,3-4H2,(H,11,12);1H. The Labute approximate surface area is 82.1 Å². The highest BCUT2D eigenvalue weighted by atomic mass is 35.5. The number of hydrogen-bond donors (Lipinski definition) is 3. The first-order valence-electron chi connectivity index (χ1n) is 3.88. The van der Waals surface area contributed by atoms with Crippen molar-refractivity contribution in [3.05, 3.63) is 23.4 Å². The van der Waals surface area contributed by atoms with Crippen molar-refractivity contribution >= 4 is 18.4 Å². The summed E-state index contributed by atoms with van der Waals surface area (Å²) in [6.45, 7) is 0.733. The van der Waals surface area contributed by atoms with Crippen molar-refractivity contribution in [2.45, 2.75) is 12.5 Å². The highest BCUT2D eigenvalue weighted by Crippen LogP contribution is 2.19. The maximum atomic E-state index is 10.6. The van der Waals surface area contributed by atoms with E-state index in [4.69, 9.17) is 5.11 Å². The van der Waals surface area contributed by atoms with E-state index in [-0.39, 0.29) is 18.4 Å². The van der Waals surface area contributed by atoms with Gasteiger partial charge in [0, 0.05) is 17.7 Å². The van der Waals surface area contributed by atoms with Crippen molar-refractivity contribution in [2.24, 2.45) is 0 Å². The lowest BCUT2D eigenvalue weighted by molar-refractivity contribution is -0.132. The molecule has 4 nitrogen and oxygen atoms in total. The van der Waals surface area contributed by atoms with Crippen molar-refractivity contribution in [1.29, 1.82) is 0 Å². The van der Waals surface area contributed by atoms with E-state index in [1.807, 2.05) is 6.08 Å². The molecule has 0 aromatic rings. The average Bonchev–Trinajstić information content (AvgIpc) is 2.49. The zero-order chi connectivity index (χ0) is 8.55. The maximum absolute atomic E-state index is 10.6. The molecule has 3 N–H and O–H groups in total. The molecular formula is C8H11ClN2O2. The Morgan fingerprint density at radius 1 is 1.54 bits per heavy atom. The van der Waals surface area contributed by atoms with Crippen LogP contribution in [0.2, 0.25) is 0 Å². The Hall–Kier alpha value is -1.00. The summed E-state index contributed by atoms with van der Waals surface area (Å²) in [5.74, 6) is -0.820. The van der Waals surface area contributed by atoms with Gasteiger partial charge in [-0.05, 0) is 12.2 Å². The molecule has 1 atom stereocenters. The zero-order valence-corrected chi connectivity index (χ0v) is 7.73. The summed E-state index contributed by atoms with van der Waals surface area (Å²) in [7, 11) is 0. The van der Waals surface area contributed by atoms with Gasteiger partial charge in [-0.25, -0.2) is 4.79 Å². The van der Waals surface area contributed by atoms with Crippen LogP contribution in [0, 0.1) is 0 Å². The minimum atomic E-state index is -0.820. The number of carboxylic acids is 1. The maximum Gasteiger partial charge on any atom is 0.331 e. The van der Waals surface area contributed by atoms with Gasteiger partial charge in [0.2, 0.25) is 0 Å². The summed E-state index contributed by atoms with van der Waals surface area (Å²) in [5.41, 5.74) is 1.57. The molecule has 5 heteroatoms. The van der Waals surface area contributed by atoms with Gasteiger partial charge in [0.05, 0.1) is 12.7 Å². The van der Waals surface area contributed by atoms with Gasteiger partial charge in [-0.2, -0.15) is 0 Å². The number of hydrogen-bond acceptors (Lipinski definition) is 3. The number of rotatable bonds is 1. The van der Waals surface area contributed by atoms with Gasteiger partial charge in [0.1, 0.15) is 0 Å². The van der Waals surface area contributed by atoms with Gasteiger partial charge in [0.15, 0.2) is 0 Å². The minimum Gasteiger partial charge on any atom is -0.478 e. The van der Waals surface area contributed by atoms with Crippen molar-refractivity contribution in [2.75, 3.05) is 6.67 Å². The van der Waals surface area contributed by atoms with E-state index < -0.39 is 5.97 Å². The fourth-order valence-electron chi connectivity index (χ4n) is 1.50. The van der Waals surface area contributed by atoms with Gasteiger partial charge in [-0.15, -0.1) is 12.4 Å². The Balaban J connectivity index is 0.000000845. The summed E-state index contributed by atoms with van der Waals surface area (Å²) >= 11 is 0. The third kappa shape index (κ3) is 1.84. The first kappa shape index (κ1) is 10.1. The van der Waals surface area contributed by atoms with E-state index >= 15 is 0 Å². The fraction of sp³-hybridized carbons (Fsp3) is 0.375. The highest BCUT2D eigenvalue weighted by molar-refractivity contribution is 5.87. The quantitative estimate of drug-likeness (QED) is 0.570. The first-order valence-corrected chi connectivity index (χ1v) is 3.88. The van der Waals surface area contributed by atoms with E-state index in [0.717, 1.165) is 12.4 Å². The van der Waals surface area contributed by atoms with Crippen LogP contribution in [0.15, 0.2) is 23.4 Å². The second kappa shape index (κ2) is 3.81. The summed E-state index contributed by atoms with van der Waals surface area (Å²) < 4.78 is 0. The van der Waals surface area contributed by atoms with Gasteiger partial charge in [-0.1, -0.05) is 0 Å². The molecule has 0 saturated carbocycles. The Bertz CT molecular complexity index is 286. The van der Waals surface area contributed by atoms with Crippen LogP contribution in [-0.2, 0) is 4.79 Å². The van der Waals surface area contributed by atoms with E-state index in [1.165, 1.54) is 0 Å². The van der Waals surface area contributed by atoms with Crippen LogP contribution in [-0.4, -0.2) is 23.8 Å². The van der Waals surface area contributed by atoms with Crippen LogP contribution in [0.4, 0.5) is 0 Å².